The first kappa shape index (κ1) is 16.2. The molecule has 1 saturated carbocycles. The first-order chi connectivity index (χ1) is 11.5. The van der Waals surface area contributed by atoms with Gasteiger partial charge >= 0.3 is 0 Å². The van der Waals surface area contributed by atoms with E-state index in [4.69, 9.17) is 0 Å². The summed E-state index contributed by atoms with van der Waals surface area (Å²) in [6.07, 6.45) is 2.08. The van der Waals surface area contributed by atoms with E-state index in [1.165, 1.54) is 5.56 Å². The summed E-state index contributed by atoms with van der Waals surface area (Å²) in [5.74, 6) is 0.123. The van der Waals surface area contributed by atoms with Crippen LogP contribution in [0.5, 0.6) is 0 Å². The molecule has 0 spiro atoms. The number of anilines is 1. The molecule has 0 radical (unpaired) electrons. The Bertz CT molecular complexity index is 746. The number of benzene rings is 2. The molecule has 2 N–H and O–H groups in total. The monoisotopic (exact) mass is 322 g/mol. The second-order valence-corrected chi connectivity index (χ2v) is 6.56. The Balaban J connectivity index is 1.69. The van der Waals surface area contributed by atoms with Gasteiger partial charge in [-0.05, 0) is 54.7 Å². The highest BCUT2D eigenvalue weighted by molar-refractivity contribution is 6.06. The summed E-state index contributed by atoms with van der Waals surface area (Å²) in [6, 6.07) is 14.9. The summed E-state index contributed by atoms with van der Waals surface area (Å²) in [4.78, 5) is 24.5. The van der Waals surface area contributed by atoms with Crippen molar-refractivity contribution in [1.29, 1.82) is 0 Å². The Kier molecular flexibility index (Phi) is 4.65. The number of hydrogen-bond donors (Lipinski definition) is 2. The Morgan fingerprint density at radius 3 is 2.17 bits per heavy atom. The van der Waals surface area contributed by atoms with Gasteiger partial charge in [-0.3, -0.25) is 9.59 Å². The van der Waals surface area contributed by atoms with Gasteiger partial charge in [0.15, 0.2) is 0 Å². The Morgan fingerprint density at radius 1 is 0.958 bits per heavy atom. The predicted molar refractivity (Wildman–Crippen MR) is 95.4 cm³/mol. The SMILES string of the molecule is CC(C)c1ccc(NC(=O)c2cccc(C(=O)NC3CC3)c2)cc1. The third-order valence-electron chi connectivity index (χ3n) is 4.13. The molecule has 2 aromatic carbocycles. The second-order valence-electron chi connectivity index (χ2n) is 6.56. The highest BCUT2D eigenvalue weighted by Gasteiger charge is 2.24. The third-order valence-corrected chi connectivity index (χ3v) is 4.13. The Morgan fingerprint density at radius 2 is 1.58 bits per heavy atom. The zero-order valence-corrected chi connectivity index (χ0v) is 14.0. The molecule has 0 unspecified atom stereocenters. The van der Waals surface area contributed by atoms with Crippen LogP contribution in [-0.4, -0.2) is 17.9 Å². The van der Waals surface area contributed by atoms with E-state index < -0.39 is 0 Å². The van der Waals surface area contributed by atoms with Gasteiger partial charge in [0.2, 0.25) is 0 Å². The van der Waals surface area contributed by atoms with Crippen LogP contribution in [-0.2, 0) is 0 Å². The van der Waals surface area contributed by atoms with Crippen LogP contribution in [0.2, 0.25) is 0 Å². The average Bonchev–Trinajstić information content (AvgIpc) is 3.39. The normalized spacial score (nSPS) is 13.6. The molecule has 0 bridgehead atoms. The lowest BCUT2D eigenvalue weighted by molar-refractivity contribution is 0.0951. The number of carbonyl (C=O) groups is 2. The van der Waals surface area contributed by atoms with E-state index in [1.54, 1.807) is 24.3 Å². The van der Waals surface area contributed by atoms with Crippen LogP contribution in [0.15, 0.2) is 48.5 Å². The highest BCUT2D eigenvalue weighted by Crippen LogP contribution is 2.20. The van der Waals surface area contributed by atoms with E-state index in [-0.39, 0.29) is 11.8 Å². The van der Waals surface area contributed by atoms with Crippen LogP contribution in [0.3, 0.4) is 0 Å². The molecular formula is C20H22N2O2. The van der Waals surface area contributed by atoms with Crippen molar-refractivity contribution in [3.8, 4) is 0 Å². The van der Waals surface area contributed by atoms with Crippen LogP contribution >= 0.6 is 0 Å². The van der Waals surface area contributed by atoms with Gasteiger partial charge in [-0.25, -0.2) is 0 Å². The Labute approximate surface area is 142 Å². The summed E-state index contributed by atoms with van der Waals surface area (Å²) in [6.45, 7) is 4.26. The maximum atomic E-state index is 12.4. The molecular weight excluding hydrogens is 300 g/mol. The molecule has 124 valence electrons. The zero-order chi connectivity index (χ0) is 17.1. The minimum absolute atomic E-state index is 0.117. The molecule has 4 nitrogen and oxygen atoms in total. The van der Waals surface area contributed by atoms with E-state index in [0.717, 1.165) is 18.5 Å². The lowest BCUT2D eigenvalue weighted by atomic mass is 10.0. The molecule has 1 aliphatic rings. The van der Waals surface area contributed by atoms with E-state index in [2.05, 4.69) is 24.5 Å². The number of nitrogens with one attached hydrogen (secondary N) is 2. The van der Waals surface area contributed by atoms with E-state index >= 15 is 0 Å². The number of rotatable bonds is 5. The van der Waals surface area contributed by atoms with Crippen molar-refractivity contribution in [3.63, 3.8) is 0 Å². The minimum atomic E-state index is -0.214. The van der Waals surface area contributed by atoms with Crippen LogP contribution in [0.4, 0.5) is 5.69 Å². The van der Waals surface area contributed by atoms with E-state index in [0.29, 0.717) is 23.1 Å². The highest BCUT2D eigenvalue weighted by atomic mass is 16.2. The molecule has 3 rings (SSSR count). The van der Waals surface area contributed by atoms with E-state index in [9.17, 15) is 9.59 Å². The minimum Gasteiger partial charge on any atom is -0.349 e. The van der Waals surface area contributed by atoms with Crippen molar-refractivity contribution in [2.75, 3.05) is 5.32 Å². The summed E-state index contributed by atoms with van der Waals surface area (Å²) in [5.41, 5.74) is 2.97. The summed E-state index contributed by atoms with van der Waals surface area (Å²) >= 11 is 0. The van der Waals surface area contributed by atoms with Crippen molar-refractivity contribution < 1.29 is 9.59 Å². The van der Waals surface area contributed by atoms with Crippen molar-refractivity contribution in [3.05, 3.63) is 65.2 Å². The summed E-state index contributed by atoms with van der Waals surface area (Å²) in [5, 5.41) is 5.81. The van der Waals surface area contributed by atoms with Crippen molar-refractivity contribution in [2.45, 2.75) is 38.6 Å². The molecule has 24 heavy (non-hydrogen) atoms. The van der Waals surface area contributed by atoms with Gasteiger partial charge < -0.3 is 10.6 Å². The third kappa shape index (κ3) is 4.02. The molecule has 2 amide bonds. The maximum Gasteiger partial charge on any atom is 0.255 e. The number of amides is 2. The molecule has 1 fully saturated rings. The standard InChI is InChI=1S/C20H22N2O2/c1-13(2)14-6-8-17(9-7-14)21-19(23)15-4-3-5-16(12-15)20(24)22-18-10-11-18/h3-9,12-13,18H,10-11H2,1-2H3,(H,21,23)(H,22,24). The molecule has 0 aliphatic heterocycles. The van der Waals surface area contributed by atoms with Crippen LogP contribution in [0.25, 0.3) is 0 Å². The van der Waals surface area contributed by atoms with Gasteiger partial charge in [0.25, 0.3) is 11.8 Å². The van der Waals surface area contributed by atoms with Crippen molar-refractivity contribution >= 4 is 17.5 Å². The number of hydrogen-bond acceptors (Lipinski definition) is 2. The quantitative estimate of drug-likeness (QED) is 0.875. The van der Waals surface area contributed by atoms with Gasteiger partial charge in [-0.15, -0.1) is 0 Å². The second kappa shape index (κ2) is 6.87. The fraction of sp³-hybridized carbons (Fsp3) is 0.300. The molecule has 0 atom stereocenters. The van der Waals surface area contributed by atoms with Crippen molar-refractivity contribution in [2.24, 2.45) is 0 Å². The van der Waals surface area contributed by atoms with Gasteiger partial charge in [0.1, 0.15) is 0 Å². The lowest BCUT2D eigenvalue weighted by Crippen LogP contribution is -2.25. The fourth-order valence-electron chi connectivity index (χ4n) is 2.45. The van der Waals surface area contributed by atoms with Gasteiger partial charge in [0.05, 0.1) is 0 Å². The fourth-order valence-corrected chi connectivity index (χ4v) is 2.45. The summed E-state index contributed by atoms with van der Waals surface area (Å²) < 4.78 is 0. The topological polar surface area (TPSA) is 58.2 Å². The number of carbonyl (C=O) groups excluding carboxylic acids is 2. The van der Waals surface area contributed by atoms with Gasteiger partial charge in [-0.2, -0.15) is 0 Å². The summed E-state index contributed by atoms with van der Waals surface area (Å²) in [7, 11) is 0. The molecule has 0 aromatic heterocycles. The Hall–Kier alpha value is -2.62. The van der Waals surface area contributed by atoms with Gasteiger partial charge in [0, 0.05) is 22.9 Å². The first-order valence-corrected chi connectivity index (χ1v) is 8.35. The van der Waals surface area contributed by atoms with E-state index in [1.807, 2.05) is 24.3 Å². The molecule has 1 aliphatic carbocycles. The first-order valence-electron chi connectivity index (χ1n) is 8.35. The molecule has 2 aromatic rings. The van der Waals surface area contributed by atoms with Crippen molar-refractivity contribution in [1.82, 2.24) is 5.32 Å². The lowest BCUT2D eigenvalue weighted by Gasteiger charge is -2.09. The zero-order valence-electron chi connectivity index (χ0n) is 14.0. The molecule has 0 heterocycles. The van der Waals surface area contributed by atoms with Crippen LogP contribution < -0.4 is 10.6 Å². The maximum absolute atomic E-state index is 12.4. The average molecular weight is 322 g/mol. The predicted octanol–water partition coefficient (Wildman–Crippen LogP) is 3.95. The smallest absolute Gasteiger partial charge is 0.255 e. The molecule has 0 saturated heterocycles. The molecule has 4 heteroatoms. The van der Waals surface area contributed by atoms with Crippen LogP contribution in [0, 0.1) is 0 Å². The van der Waals surface area contributed by atoms with Crippen LogP contribution in [0.1, 0.15) is 58.9 Å². The largest absolute Gasteiger partial charge is 0.349 e. The van der Waals surface area contributed by atoms with Gasteiger partial charge in [-0.1, -0.05) is 32.0 Å².